The highest BCUT2D eigenvalue weighted by Crippen LogP contribution is 2.30. The Hall–Kier alpha value is -2.70. The first-order chi connectivity index (χ1) is 9.51. The minimum Gasteiger partial charge on any atom is -0.439 e. The van der Waals surface area contributed by atoms with Crippen LogP contribution in [0.2, 0.25) is 0 Å². The maximum absolute atomic E-state index is 10.9. The number of hydrogen-bond donors (Lipinski definition) is 1. The van der Waals surface area contributed by atoms with Gasteiger partial charge in [0.05, 0.1) is 4.92 Å². The molecule has 1 aromatic carbocycles. The van der Waals surface area contributed by atoms with Crippen LogP contribution in [0.5, 0.6) is 11.6 Å². The molecule has 2 aromatic rings. The van der Waals surface area contributed by atoms with Crippen LogP contribution in [0, 0.1) is 24.0 Å². The largest absolute Gasteiger partial charge is 0.439 e. The summed E-state index contributed by atoms with van der Waals surface area (Å²) < 4.78 is 5.65. The van der Waals surface area contributed by atoms with E-state index in [2.05, 4.69) is 15.3 Å². The van der Waals surface area contributed by atoms with Gasteiger partial charge >= 0.3 is 0 Å². The van der Waals surface area contributed by atoms with E-state index in [4.69, 9.17) is 4.74 Å². The zero-order valence-electron chi connectivity index (χ0n) is 11.4. The molecular weight excluding hydrogens is 260 g/mol. The molecule has 0 aliphatic heterocycles. The smallest absolute Gasteiger partial charge is 0.272 e. The van der Waals surface area contributed by atoms with Gasteiger partial charge in [-0.05, 0) is 25.5 Å². The molecule has 0 amide bonds. The third-order valence-corrected chi connectivity index (χ3v) is 2.80. The van der Waals surface area contributed by atoms with Gasteiger partial charge in [0.25, 0.3) is 5.69 Å². The topological polar surface area (TPSA) is 90.2 Å². The van der Waals surface area contributed by atoms with Gasteiger partial charge in [0.15, 0.2) is 0 Å². The highest BCUT2D eigenvalue weighted by Gasteiger charge is 2.14. The Labute approximate surface area is 115 Å². The lowest BCUT2D eigenvalue weighted by Crippen LogP contribution is -1.98. The second-order valence-electron chi connectivity index (χ2n) is 4.25. The molecule has 0 unspecified atom stereocenters. The minimum absolute atomic E-state index is 0.0773. The fraction of sp³-hybridized carbons (Fsp3) is 0.231. The van der Waals surface area contributed by atoms with Gasteiger partial charge in [-0.2, -0.15) is 0 Å². The molecule has 1 aromatic heterocycles. The van der Waals surface area contributed by atoms with E-state index < -0.39 is 4.92 Å². The van der Waals surface area contributed by atoms with Crippen molar-refractivity contribution in [1.82, 2.24) is 9.97 Å². The van der Waals surface area contributed by atoms with Crippen molar-refractivity contribution in [3.63, 3.8) is 0 Å². The highest BCUT2D eigenvalue weighted by molar-refractivity contribution is 5.50. The van der Waals surface area contributed by atoms with Gasteiger partial charge in [-0.25, -0.2) is 9.97 Å². The standard InChI is InChI=1S/C13H14N4O3/c1-8-5-11(9(2)4-10(8)17(18)19)20-13-6-12(14-3)15-7-16-13/h4-7H,1-3H3,(H,14,15,16). The predicted octanol–water partition coefficient (Wildman–Crippen LogP) is 2.84. The van der Waals surface area contributed by atoms with Crippen molar-refractivity contribution in [3.8, 4) is 11.6 Å². The van der Waals surface area contributed by atoms with Gasteiger partial charge < -0.3 is 10.1 Å². The zero-order valence-corrected chi connectivity index (χ0v) is 11.4. The number of benzene rings is 1. The van der Waals surface area contributed by atoms with Crippen LogP contribution in [0.15, 0.2) is 24.5 Å². The van der Waals surface area contributed by atoms with Gasteiger partial charge in [0, 0.05) is 24.7 Å². The third kappa shape index (κ3) is 2.82. The molecule has 0 spiro atoms. The SMILES string of the molecule is CNc1cc(Oc2cc(C)c([N+](=O)[O-])cc2C)ncn1. The first-order valence-corrected chi connectivity index (χ1v) is 5.94. The van der Waals surface area contributed by atoms with Gasteiger partial charge in [0.2, 0.25) is 5.88 Å². The number of anilines is 1. The van der Waals surface area contributed by atoms with E-state index in [9.17, 15) is 10.1 Å². The fourth-order valence-electron chi connectivity index (χ4n) is 1.73. The summed E-state index contributed by atoms with van der Waals surface area (Å²) in [6, 6.07) is 4.77. The van der Waals surface area contributed by atoms with Crippen molar-refractivity contribution >= 4 is 11.5 Å². The molecule has 0 atom stereocenters. The zero-order chi connectivity index (χ0) is 14.7. The molecule has 0 bridgehead atoms. The van der Waals surface area contributed by atoms with Crippen LogP contribution in [0.1, 0.15) is 11.1 Å². The van der Waals surface area contributed by atoms with Crippen LogP contribution >= 0.6 is 0 Å². The van der Waals surface area contributed by atoms with Crippen LogP contribution in [0.4, 0.5) is 11.5 Å². The van der Waals surface area contributed by atoms with Crippen molar-refractivity contribution in [1.29, 1.82) is 0 Å². The number of nitrogens with one attached hydrogen (secondary N) is 1. The monoisotopic (exact) mass is 274 g/mol. The Bertz CT molecular complexity index is 658. The normalized spacial score (nSPS) is 10.2. The molecular formula is C13H14N4O3. The predicted molar refractivity (Wildman–Crippen MR) is 74.2 cm³/mol. The molecule has 1 heterocycles. The quantitative estimate of drug-likeness (QED) is 0.681. The molecule has 1 N–H and O–H groups in total. The Morgan fingerprint density at radius 2 is 1.95 bits per heavy atom. The average Bonchev–Trinajstić information content (AvgIpc) is 2.42. The van der Waals surface area contributed by atoms with Crippen molar-refractivity contribution in [2.24, 2.45) is 0 Å². The van der Waals surface area contributed by atoms with Crippen molar-refractivity contribution < 1.29 is 9.66 Å². The summed E-state index contributed by atoms with van der Waals surface area (Å²) in [7, 11) is 1.74. The van der Waals surface area contributed by atoms with E-state index in [-0.39, 0.29) is 5.69 Å². The minimum atomic E-state index is -0.407. The summed E-state index contributed by atoms with van der Waals surface area (Å²) in [6.45, 7) is 3.42. The first kappa shape index (κ1) is 13.7. The average molecular weight is 274 g/mol. The van der Waals surface area contributed by atoms with E-state index in [0.29, 0.717) is 28.6 Å². The molecule has 0 aliphatic rings. The molecule has 104 valence electrons. The van der Waals surface area contributed by atoms with Gasteiger partial charge in [-0.3, -0.25) is 10.1 Å². The van der Waals surface area contributed by atoms with Crippen LogP contribution in [-0.4, -0.2) is 21.9 Å². The molecule has 0 saturated carbocycles. The molecule has 2 rings (SSSR count). The Balaban J connectivity index is 2.34. The molecule has 0 fully saturated rings. The number of rotatable bonds is 4. The van der Waals surface area contributed by atoms with E-state index in [1.807, 2.05) is 0 Å². The maximum atomic E-state index is 10.9. The Morgan fingerprint density at radius 3 is 2.60 bits per heavy atom. The van der Waals surface area contributed by atoms with Crippen molar-refractivity contribution in [2.75, 3.05) is 12.4 Å². The molecule has 0 aliphatic carbocycles. The third-order valence-electron chi connectivity index (χ3n) is 2.80. The number of ether oxygens (including phenoxy) is 1. The Morgan fingerprint density at radius 1 is 1.20 bits per heavy atom. The maximum Gasteiger partial charge on any atom is 0.272 e. The summed E-state index contributed by atoms with van der Waals surface area (Å²) in [5, 5.41) is 13.7. The molecule has 0 saturated heterocycles. The number of aryl methyl sites for hydroxylation is 2. The number of aromatic nitrogens is 2. The van der Waals surface area contributed by atoms with Crippen LogP contribution < -0.4 is 10.1 Å². The number of nitro groups is 1. The van der Waals surface area contributed by atoms with Gasteiger partial charge in [-0.1, -0.05) is 0 Å². The van der Waals surface area contributed by atoms with Gasteiger partial charge in [-0.15, -0.1) is 0 Å². The molecule has 7 heteroatoms. The van der Waals surface area contributed by atoms with Crippen molar-refractivity contribution in [3.05, 3.63) is 45.8 Å². The van der Waals surface area contributed by atoms with E-state index in [0.717, 1.165) is 0 Å². The van der Waals surface area contributed by atoms with Crippen molar-refractivity contribution in [2.45, 2.75) is 13.8 Å². The number of nitrogens with zero attached hydrogens (tertiary/aromatic N) is 3. The summed E-state index contributed by atoms with van der Waals surface area (Å²) in [5.41, 5.74) is 1.29. The van der Waals surface area contributed by atoms with E-state index in [1.54, 1.807) is 33.0 Å². The second kappa shape index (κ2) is 5.52. The summed E-state index contributed by atoms with van der Waals surface area (Å²) >= 11 is 0. The lowest BCUT2D eigenvalue weighted by molar-refractivity contribution is -0.385. The van der Waals surface area contributed by atoms with E-state index in [1.165, 1.54) is 12.4 Å². The molecule has 0 radical (unpaired) electrons. The Kier molecular flexibility index (Phi) is 3.79. The number of hydrogen-bond acceptors (Lipinski definition) is 6. The van der Waals surface area contributed by atoms with Crippen LogP contribution in [0.3, 0.4) is 0 Å². The lowest BCUT2D eigenvalue weighted by Gasteiger charge is -2.09. The lowest BCUT2D eigenvalue weighted by atomic mass is 10.1. The summed E-state index contributed by atoms with van der Waals surface area (Å²) in [4.78, 5) is 18.4. The second-order valence-corrected chi connectivity index (χ2v) is 4.25. The van der Waals surface area contributed by atoms with Crippen LogP contribution in [-0.2, 0) is 0 Å². The van der Waals surface area contributed by atoms with Gasteiger partial charge in [0.1, 0.15) is 17.9 Å². The molecule has 7 nitrogen and oxygen atoms in total. The van der Waals surface area contributed by atoms with Crippen LogP contribution in [0.25, 0.3) is 0 Å². The summed E-state index contributed by atoms with van der Waals surface area (Å²) in [5.74, 6) is 1.54. The fourth-order valence-corrected chi connectivity index (χ4v) is 1.73. The summed E-state index contributed by atoms with van der Waals surface area (Å²) in [6.07, 6.45) is 1.38. The first-order valence-electron chi connectivity index (χ1n) is 5.94. The van der Waals surface area contributed by atoms with E-state index >= 15 is 0 Å². The molecule has 20 heavy (non-hydrogen) atoms. The highest BCUT2D eigenvalue weighted by atomic mass is 16.6. The number of nitro benzene ring substituents is 1.